The topological polar surface area (TPSA) is 61.4 Å². The predicted octanol–water partition coefficient (Wildman–Crippen LogP) is 0.406. The fraction of sp³-hybridized carbons (Fsp3) is 0.909. The van der Waals surface area contributed by atoms with Crippen molar-refractivity contribution in [2.24, 2.45) is 0 Å². The molecule has 88 valence electrons. The zero-order chi connectivity index (χ0) is 11.1. The van der Waals surface area contributed by atoms with Crippen LogP contribution in [0.3, 0.4) is 0 Å². The van der Waals surface area contributed by atoms with Gasteiger partial charge in [0.05, 0.1) is 12.1 Å². The van der Waals surface area contributed by atoms with Gasteiger partial charge < -0.3 is 15.7 Å². The average molecular weight is 214 g/mol. The van der Waals surface area contributed by atoms with Gasteiger partial charge in [-0.2, -0.15) is 0 Å². The van der Waals surface area contributed by atoms with Crippen LogP contribution >= 0.6 is 0 Å². The first-order valence-corrected chi connectivity index (χ1v) is 5.92. The van der Waals surface area contributed by atoms with E-state index in [0.29, 0.717) is 13.0 Å². The molecule has 0 unspecified atom stereocenters. The molecule has 0 aromatic rings. The van der Waals surface area contributed by atoms with Gasteiger partial charge in [0.1, 0.15) is 0 Å². The Labute approximate surface area is 91.4 Å². The van der Waals surface area contributed by atoms with E-state index < -0.39 is 0 Å². The number of aliphatic hydroxyl groups excluding tert-OH is 1. The van der Waals surface area contributed by atoms with E-state index in [0.717, 1.165) is 32.2 Å². The number of amides is 1. The molecule has 15 heavy (non-hydrogen) atoms. The standard InChI is InChI=1S/C11H22N2O2/c1-2-12-8-7-11(15)13-9-5-3-4-6-10(9)14/h9-10,12,14H,2-8H2,1H3,(H,13,15)/t9-,10-/m0/s1. The summed E-state index contributed by atoms with van der Waals surface area (Å²) in [5, 5.41) is 15.7. The van der Waals surface area contributed by atoms with Crippen LogP contribution < -0.4 is 10.6 Å². The van der Waals surface area contributed by atoms with Gasteiger partial charge in [-0.15, -0.1) is 0 Å². The minimum Gasteiger partial charge on any atom is -0.391 e. The molecule has 1 aliphatic rings. The number of aliphatic hydroxyl groups is 1. The fourth-order valence-electron chi connectivity index (χ4n) is 1.94. The molecule has 1 rings (SSSR count). The predicted molar refractivity (Wildman–Crippen MR) is 59.6 cm³/mol. The van der Waals surface area contributed by atoms with Gasteiger partial charge in [-0.1, -0.05) is 19.8 Å². The molecule has 1 amide bonds. The molecule has 4 nitrogen and oxygen atoms in total. The Morgan fingerprint density at radius 2 is 2.13 bits per heavy atom. The molecule has 0 heterocycles. The molecular formula is C11H22N2O2. The Bertz CT molecular complexity index is 197. The van der Waals surface area contributed by atoms with Gasteiger partial charge in [-0.25, -0.2) is 0 Å². The monoisotopic (exact) mass is 214 g/mol. The van der Waals surface area contributed by atoms with Crippen LogP contribution in [0.4, 0.5) is 0 Å². The molecule has 3 N–H and O–H groups in total. The molecule has 0 saturated heterocycles. The van der Waals surface area contributed by atoms with E-state index in [1.807, 2.05) is 6.92 Å². The molecule has 0 aliphatic heterocycles. The Morgan fingerprint density at radius 3 is 2.80 bits per heavy atom. The second-order valence-electron chi connectivity index (χ2n) is 4.13. The van der Waals surface area contributed by atoms with Crippen LogP contribution in [0.15, 0.2) is 0 Å². The zero-order valence-corrected chi connectivity index (χ0v) is 9.46. The van der Waals surface area contributed by atoms with Crippen molar-refractivity contribution in [3.8, 4) is 0 Å². The van der Waals surface area contributed by atoms with Crippen molar-refractivity contribution in [2.45, 2.75) is 51.2 Å². The fourth-order valence-corrected chi connectivity index (χ4v) is 1.94. The normalized spacial score (nSPS) is 26.3. The maximum Gasteiger partial charge on any atom is 0.221 e. The summed E-state index contributed by atoms with van der Waals surface area (Å²) in [7, 11) is 0. The summed E-state index contributed by atoms with van der Waals surface area (Å²) in [4.78, 5) is 11.5. The number of carbonyl (C=O) groups is 1. The summed E-state index contributed by atoms with van der Waals surface area (Å²) in [6, 6.07) is -0.0205. The summed E-state index contributed by atoms with van der Waals surface area (Å²) in [5.74, 6) is 0.0434. The van der Waals surface area contributed by atoms with Crippen molar-refractivity contribution >= 4 is 5.91 Å². The number of hydrogen-bond donors (Lipinski definition) is 3. The smallest absolute Gasteiger partial charge is 0.221 e. The van der Waals surface area contributed by atoms with Crippen LogP contribution in [-0.4, -0.2) is 36.2 Å². The first-order valence-electron chi connectivity index (χ1n) is 5.92. The van der Waals surface area contributed by atoms with Gasteiger partial charge in [-0.05, 0) is 19.4 Å². The van der Waals surface area contributed by atoms with Crippen LogP contribution in [0, 0.1) is 0 Å². The molecule has 1 saturated carbocycles. The Balaban J connectivity index is 2.18. The molecule has 2 atom stereocenters. The minimum atomic E-state index is -0.346. The van der Waals surface area contributed by atoms with E-state index in [2.05, 4.69) is 10.6 Å². The largest absolute Gasteiger partial charge is 0.391 e. The van der Waals surface area contributed by atoms with Crippen molar-refractivity contribution in [2.75, 3.05) is 13.1 Å². The second kappa shape index (κ2) is 6.80. The van der Waals surface area contributed by atoms with Gasteiger partial charge in [-0.3, -0.25) is 4.79 Å². The van der Waals surface area contributed by atoms with Crippen LogP contribution in [0.25, 0.3) is 0 Å². The Hall–Kier alpha value is -0.610. The van der Waals surface area contributed by atoms with Crippen molar-refractivity contribution in [1.29, 1.82) is 0 Å². The third-order valence-corrected chi connectivity index (χ3v) is 2.85. The Morgan fingerprint density at radius 1 is 1.40 bits per heavy atom. The molecule has 0 radical (unpaired) electrons. The first kappa shape index (κ1) is 12.5. The van der Waals surface area contributed by atoms with Crippen molar-refractivity contribution in [3.63, 3.8) is 0 Å². The second-order valence-corrected chi connectivity index (χ2v) is 4.13. The molecule has 0 aromatic heterocycles. The molecule has 0 aromatic carbocycles. The van der Waals surface area contributed by atoms with E-state index in [-0.39, 0.29) is 18.1 Å². The molecule has 0 spiro atoms. The molecular weight excluding hydrogens is 192 g/mol. The number of carbonyl (C=O) groups excluding carboxylic acids is 1. The maximum atomic E-state index is 11.5. The number of rotatable bonds is 5. The molecule has 0 bridgehead atoms. The Kier molecular flexibility index (Phi) is 5.65. The van der Waals surface area contributed by atoms with Crippen LogP contribution in [0.1, 0.15) is 39.0 Å². The third kappa shape index (κ3) is 4.62. The lowest BCUT2D eigenvalue weighted by Gasteiger charge is -2.28. The molecule has 1 aliphatic carbocycles. The molecule has 4 heteroatoms. The third-order valence-electron chi connectivity index (χ3n) is 2.85. The van der Waals surface area contributed by atoms with E-state index in [4.69, 9.17) is 0 Å². The van der Waals surface area contributed by atoms with Crippen molar-refractivity contribution < 1.29 is 9.90 Å². The quantitative estimate of drug-likeness (QED) is 0.581. The zero-order valence-electron chi connectivity index (χ0n) is 9.46. The van der Waals surface area contributed by atoms with Gasteiger partial charge >= 0.3 is 0 Å². The summed E-state index contributed by atoms with van der Waals surface area (Å²) in [6.45, 7) is 3.62. The first-order chi connectivity index (χ1) is 7.24. The minimum absolute atomic E-state index is 0.0205. The number of hydrogen-bond acceptors (Lipinski definition) is 3. The summed E-state index contributed by atoms with van der Waals surface area (Å²) < 4.78 is 0. The maximum absolute atomic E-state index is 11.5. The SMILES string of the molecule is CCNCCC(=O)N[C@H]1CCCC[C@@H]1O. The highest BCUT2D eigenvalue weighted by atomic mass is 16.3. The van der Waals surface area contributed by atoms with Crippen LogP contribution in [0.2, 0.25) is 0 Å². The summed E-state index contributed by atoms with van der Waals surface area (Å²) in [6.07, 6.45) is 4.06. The van der Waals surface area contributed by atoms with Crippen LogP contribution in [-0.2, 0) is 4.79 Å². The lowest BCUT2D eigenvalue weighted by Crippen LogP contribution is -2.45. The van der Waals surface area contributed by atoms with E-state index in [9.17, 15) is 9.90 Å². The highest BCUT2D eigenvalue weighted by Gasteiger charge is 2.23. The summed E-state index contributed by atoms with van der Waals surface area (Å²) in [5.41, 5.74) is 0. The van der Waals surface area contributed by atoms with Gasteiger partial charge in [0.15, 0.2) is 0 Å². The lowest BCUT2D eigenvalue weighted by atomic mass is 9.92. The lowest BCUT2D eigenvalue weighted by molar-refractivity contribution is -0.122. The molecule has 1 fully saturated rings. The highest BCUT2D eigenvalue weighted by molar-refractivity contribution is 5.76. The highest BCUT2D eigenvalue weighted by Crippen LogP contribution is 2.18. The summed E-state index contributed by atoms with van der Waals surface area (Å²) >= 11 is 0. The van der Waals surface area contributed by atoms with E-state index in [1.165, 1.54) is 0 Å². The van der Waals surface area contributed by atoms with Gasteiger partial charge in [0, 0.05) is 13.0 Å². The van der Waals surface area contributed by atoms with Crippen molar-refractivity contribution in [3.05, 3.63) is 0 Å². The average Bonchev–Trinajstić information content (AvgIpc) is 2.22. The van der Waals surface area contributed by atoms with Gasteiger partial charge in [0.25, 0.3) is 0 Å². The number of nitrogens with one attached hydrogen (secondary N) is 2. The van der Waals surface area contributed by atoms with Crippen LogP contribution in [0.5, 0.6) is 0 Å². The van der Waals surface area contributed by atoms with E-state index >= 15 is 0 Å². The van der Waals surface area contributed by atoms with E-state index in [1.54, 1.807) is 0 Å². The van der Waals surface area contributed by atoms with Crippen molar-refractivity contribution in [1.82, 2.24) is 10.6 Å². The van der Waals surface area contributed by atoms with Gasteiger partial charge in [0.2, 0.25) is 5.91 Å².